The van der Waals surface area contributed by atoms with Crippen LogP contribution in [-0.4, -0.2) is 22.2 Å². The molecule has 1 aromatic heterocycles. The number of rotatable bonds is 3. The molecule has 2 heterocycles. The standard InChI is InChI=1S/C18H13BrFN3O3/c1-10-18(24)23(14-4-2-3-5-15(14)25-10)9-16-21-17(22-26-16)11-6-7-13(20)12(19)8-11/h2-8,10H,9H2,1H3/t10-/m1/s1. The van der Waals surface area contributed by atoms with E-state index in [9.17, 15) is 9.18 Å². The van der Waals surface area contributed by atoms with Crippen molar-refractivity contribution in [3.8, 4) is 17.1 Å². The molecule has 4 rings (SSSR count). The maximum Gasteiger partial charge on any atom is 0.268 e. The predicted octanol–water partition coefficient (Wildman–Crippen LogP) is 3.95. The summed E-state index contributed by atoms with van der Waals surface area (Å²) in [6.45, 7) is 1.82. The zero-order chi connectivity index (χ0) is 18.3. The SMILES string of the molecule is C[C@H]1Oc2ccccc2N(Cc2nc(-c3ccc(F)c(Br)c3)no2)C1=O. The second-order valence-electron chi connectivity index (χ2n) is 5.79. The lowest BCUT2D eigenvalue weighted by molar-refractivity contribution is -0.125. The average Bonchev–Trinajstić information content (AvgIpc) is 3.10. The van der Waals surface area contributed by atoms with Crippen molar-refractivity contribution in [1.82, 2.24) is 10.1 Å². The monoisotopic (exact) mass is 417 g/mol. The van der Waals surface area contributed by atoms with Crippen LogP contribution in [0.15, 0.2) is 51.5 Å². The summed E-state index contributed by atoms with van der Waals surface area (Å²) in [7, 11) is 0. The fourth-order valence-electron chi connectivity index (χ4n) is 2.73. The molecule has 1 atom stereocenters. The van der Waals surface area contributed by atoms with Crippen LogP contribution in [0.1, 0.15) is 12.8 Å². The highest BCUT2D eigenvalue weighted by molar-refractivity contribution is 9.10. The number of aromatic nitrogens is 2. The molecule has 1 amide bonds. The Kier molecular flexibility index (Phi) is 4.20. The van der Waals surface area contributed by atoms with Crippen molar-refractivity contribution in [3.05, 3.63) is 58.6 Å². The Morgan fingerprint density at radius 1 is 1.27 bits per heavy atom. The molecule has 6 nitrogen and oxygen atoms in total. The summed E-state index contributed by atoms with van der Waals surface area (Å²) in [5, 5.41) is 3.92. The molecule has 0 saturated carbocycles. The van der Waals surface area contributed by atoms with Crippen LogP contribution in [0.3, 0.4) is 0 Å². The number of para-hydroxylation sites is 2. The van der Waals surface area contributed by atoms with Crippen molar-refractivity contribution in [2.24, 2.45) is 0 Å². The molecule has 0 unspecified atom stereocenters. The first-order valence-corrected chi connectivity index (χ1v) is 8.67. The summed E-state index contributed by atoms with van der Waals surface area (Å²) in [4.78, 5) is 18.4. The van der Waals surface area contributed by atoms with E-state index in [0.29, 0.717) is 27.3 Å². The zero-order valence-electron chi connectivity index (χ0n) is 13.6. The van der Waals surface area contributed by atoms with Gasteiger partial charge in [-0.25, -0.2) is 4.39 Å². The van der Waals surface area contributed by atoms with Gasteiger partial charge in [-0.2, -0.15) is 4.98 Å². The van der Waals surface area contributed by atoms with E-state index in [-0.39, 0.29) is 24.2 Å². The summed E-state index contributed by atoms with van der Waals surface area (Å²) in [6, 6.07) is 11.7. The van der Waals surface area contributed by atoms with Crippen LogP contribution in [0.4, 0.5) is 10.1 Å². The van der Waals surface area contributed by atoms with Gasteiger partial charge in [-0.1, -0.05) is 17.3 Å². The molecule has 0 fully saturated rings. The van der Waals surface area contributed by atoms with Gasteiger partial charge in [0.25, 0.3) is 5.91 Å². The number of carbonyl (C=O) groups is 1. The lowest BCUT2D eigenvalue weighted by atomic mass is 10.2. The number of nitrogens with zero attached hydrogens (tertiary/aromatic N) is 3. The molecule has 1 aliphatic heterocycles. The van der Waals surface area contributed by atoms with Gasteiger partial charge in [0.05, 0.1) is 10.2 Å². The number of hydrogen-bond donors (Lipinski definition) is 0. The number of amides is 1. The first-order chi connectivity index (χ1) is 12.5. The minimum absolute atomic E-state index is 0.124. The third-order valence-corrected chi connectivity index (χ3v) is 4.62. The summed E-state index contributed by atoms with van der Waals surface area (Å²) in [5.41, 5.74) is 1.26. The molecule has 0 bridgehead atoms. The Morgan fingerprint density at radius 3 is 2.88 bits per heavy atom. The van der Waals surface area contributed by atoms with Crippen LogP contribution in [0, 0.1) is 5.82 Å². The van der Waals surface area contributed by atoms with E-state index in [4.69, 9.17) is 9.26 Å². The van der Waals surface area contributed by atoms with Gasteiger partial charge in [0.15, 0.2) is 6.10 Å². The molecule has 0 radical (unpaired) electrons. The maximum atomic E-state index is 13.4. The summed E-state index contributed by atoms with van der Waals surface area (Å²) >= 11 is 3.13. The minimum atomic E-state index is -0.597. The Morgan fingerprint density at radius 2 is 2.08 bits per heavy atom. The van der Waals surface area contributed by atoms with Crippen LogP contribution in [0.25, 0.3) is 11.4 Å². The van der Waals surface area contributed by atoms with E-state index in [0.717, 1.165) is 0 Å². The van der Waals surface area contributed by atoms with Crippen molar-refractivity contribution in [2.75, 3.05) is 4.90 Å². The molecule has 1 aliphatic rings. The van der Waals surface area contributed by atoms with Gasteiger partial charge < -0.3 is 9.26 Å². The van der Waals surface area contributed by atoms with Gasteiger partial charge in [-0.3, -0.25) is 9.69 Å². The number of anilines is 1. The second-order valence-corrected chi connectivity index (χ2v) is 6.65. The first kappa shape index (κ1) is 16.7. The number of fused-ring (bicyclic) bond motifs is 1. The largest absolute Gasteiger partial charge is 0.479 e. The zero-order valence-corrected chi connectivity index (χ0v) is 15.2. The lowest BCUT2D eigenvalue weighted by Gasteiger charge is -2.31. The number of carbonyl (C=O) groups excluding carboxylic acids is 1. The number of hydrogen-bond acceptors (Lipinski definition) is 5. The fourth-order valence-corrected chi connectivity index (χ4v) is 3.11. The molecule has 2 aromatic carbocycles. The van der Waals surface area contributed by atoms with Crippen LogP contribution in [-0.2, 0) is 11.3 Å². The van der Waals surface area contributed by atoms with Gasteiger partial charge >= 0.3 is 0 Å². The van der Waals surface area contributed by atoms with E-state index < -0.39 is 6.10 Å². The third-order valence-electron chi connectivity index (χ3n) is 4.01. The number of benzene rings is 2. The van der Waals surface area contributed by atoms with Gasteiger partial charge in [-0.05, 0) is 53.2 Å². The maximum absolute atomic E-state index is 13.4. The molecule has 26 heavy (non-hydrogen) atoms. The highest BCUT2D eigenvalue weighted by atomic mass is 79.9. The summed E-state index contributed by atoms with van der Waals surface area (Å²) in [6.07, 6.45) is -0.597. The van der Waals surface area contributed by atoms with Crippen LogP contribution in [0.2, 0.25) is 0 Å². The van der Waals surface area contributed by atoms with Crippen LogP contribution >= 0.6 is 15.9 Å². The van der Waals surface area contributed by atoms with Crippen molar-refractivity contribution in [3.63, 3.8) is 0 Å². The normalized spacial score (nSPS) is 16.3. The first-order valence-electron chi connectivity index (χ1n) is 7.88. The highest BCUT2D eigenvalue weighted by Crippen LogP contribution is 2.34. The van der Waals surface area contributed by atoms with Crippen molar-refractivity contribution in [2.45, 2.75) is 19.6 Å². The molecule has 0 saturated heterocycles. The van der Waals surface area contributed by atoms with Gasteiger partial charge in [0.1, 0.15) is 18.1 Å². The average molecular weight is 418 g/mol. The van der Waals surface area contributed by atoms with Gasteiger partial charge in [0.2, 0.25) is 11.7 Å². The molecule has 0 aliphatic carbocycles. The fraction of sp³-hybridized carbons (Fsp3) is 0.167. The summed E-state index contributed by atoms with van der Waals surface area (Å²) in [5.74, 6) is 0.664. The molecule has 8 heteroatoms. The predicted molar refractivity (Wildman–Crippen MR) is 95.1 cm³/mol. The topological polar surface area (TPSA) is 68.5 Å². The summed E-state index contributed by atoms with van der Waals surface area (Å²) < 4.78 is 24.6. The molecular weight excluding hydrogens is 405 g/mol. The minimum Gasteiger partial charge on any atom is -0.479 e. The van der Waals surface area contributed by atoms with Gasteiger partial charge in [0, 0.05) is 5.56 Å². The smallest absolute Gasteiger partial charge is 0.268 e. The Balaban J connectivity index is 1.63. The number of halogens is 2. The van der Waals surface area contributed by atoms with Crippen molar-refractivity contribution in [1.29, 1.82) is 0 Å². The highest BCUT2D eigenvalue weighted by Gasteiger charge is 2.32. The van der Waals surface area contributed by atoms with E-state index in [1.54, 1.807) is 36.1 Å². The van der Waals surface area contributed by atoms with Crippen LogP contribution in [0.5, 0.6) is 5.75 Å². The second kappa shape index (κ2) is 6.53. The van der Waals surface area contributed by atoms with E-state index in [1.807, 2.05) is 12.1 Å². The molecule has 132 valence electrons. The third kappa shape index (κ3) is 2.96. The van der Waals surface area contributed by atoms with Crippen molar-refractivity contribution < 1.29 is 18.4 Å². The van der Waals surface area contributed by atoms with Crippen molar-refractivity contribution >= 4 is 27.5 Å². The Bertz CT molecular complexity index is 991. The molecule has 3 aromatic rings. The molecular formula is C18H13BrFN3O3. The molecule has 0 N–H and O–H groups in total. The molecule has 0 spiro atoms. The Hall–Kier alpha value is -2.74. The lowest BCUT2D eigenvalue weighted by Crippen LogP contribution is -2.44. The van der Waals surface area contributed by atoms with Crippen LogP contribution < -0.4 is 9.64 Å². The van der Waals surface area contributed by atoms with Gasteiger partial charge in [-0.15, -0.1) is 0 Å². The number of ether oxygens (including phenoxy) is 1. The van der Waals surface area contributed by atoms with E-state index in [2.05, 4.69) is 26.1 Å². The van der Waals surface area contributed by atoms with E-state index >= 15 is 0 Å². The Labute approximate surface area is 156 Å². The van der Waals surface area contributed by atoms with E-state index in [1.165, 1.54) is 6.07 Å². The quantitative estimate of drug-likeness (QED) is 0.645.